The standard InChI is InChI=1S/C23H17Cl3F3N3O2/c24-16-9-15(10-17(25)11-16)22(23(27,28)29)12-20(32-34-22)14-6-7-18(26)19(8-14)30-31-21(33)13-4-2-1-3-5-13/h1-9,11,15,30H,10,12H2,(H,31,33). The van der Waals surface area contributed by atoms with Gasteiger partial charge in [0.05, 0.1) is 16.4 Å². The van der Waals surface area contributed by atoms with E-state index in [1.54, 1.807) is 30.3 Å². The van der Waals surface area contributed by atoms with E-state index in [0.29, 0.717) is 11.1 Å². The SMILES string of the molecule is O=C(NNc1cc(C2=NOC(C3C=C(Cl)C=C(Cl)C3)(C(F)(F)F)C2)ccc1Cl)c1ccccc1. The van der Waals surface area contributed by atoms with E-state index in [1.807, 2.05) is 0 Å². The van der Waals surface area contributed by atoms with Gasteiger partial charge in [0, 0.05) is 33.5 Å². The first-order valence-corrected chi connectivity index (χ1v) is 11.2. The lowest BCUT2D eigenvalue weighted by Crippen LogP contribution is -2.51. The molecule has 1 amide bonds. The van der Waals surface area contributed by atoms with Crippen molar-refractivity contribution in [2.45, 2.75) is 24.6 Å². The summed E-state index contributed by atoms with van der Waals surface area (Å²) in [6, 6.07) is 13.0. The third kappa shape index (κ3) is 4.89. The number of halogens is 6. The van der Waals surface area contributed by atoms with Crippen molar-refractivity contribution in [3.63, 3.8) is 0 Å². The topological polar surface area (TPSA) is 62.7 Å². The molecule has 0 radical (unpaired) electrons. The molecule has 34 heavy (non-hydrogen) atoms. The van der Waals surface area contributed by atoms with Gasteiger partial charge >= 0.3 is 6.18 Å². The van der Waals surface area contributed by atoms with Crippen LogP contribution >= 0.6 is 34.8 Å². The van der Waals surface area contributed by atoms with Crippen LogP contribution in [-0.2, 0) is 4.84 Å². The molecule has 5 nitrogen and oxygen atoms in total. The van der Waals surface area contributed by atoms with Gasteiger partial charge in [0.1, 0.15) is 0 Å². The molecule has 2 aliphatic rings. The number of nitrogens with one attached hydrogen (secondary N) is 2. The van der Waals surface area contributed by atoms with Crippen LogP contribution in [0.3, 0.4) is 0 Å². The van der Waals surface area contributed by atoms with Gasteiger partial charge in [-0.2, -0.15) is 13.2 Å². The van der Waals surface area contributed by atoms with E-state index >= 15 is 0 Å². The number of hydrazine groups is 1. The Labute approximate surface area is 208 Å². The largest absolute Gasteiger partial charge is 0.431 e. The van der Waals surface area contributed by atoms with Crippen LogP contribution in [0.4, 0.5) is 18.9 Å². The van der Waals surface area contributed by atoms with Crippen LogP contribution in [0, 0.1) is 5.92 Å². The summed E-state index contributed by atoms with van der Waals surface area (Å²) in [5, 5.41) is 4.32. The highest BCUT2D eigenvalue weighted by Gasteiger charge is 2.65. The number of amides is 1. The van der Waals surface area contributed by atoms with Crippen molar-refractivity contribution in [1.29, 1.82) is 0 Å². The molecular weight excluding hydrogens is 514 g/mol. The number of carbonyl (C=O) groups excluding carboxylic acids is 1. The maximum absolute atomic E-state index is 14.2. The van der Waals surface area contributed by atoms with Gasteiger partial charge in [-0.05, 0) is 36.8 Å². The summed E-state index contributed by atoms with van der Waals surface area (Å²) in [6.07, 6.45) is -2.70. The first-order valence-electron chi connectivity index (χ1n) is 10.1. The molecule has 0 saturated heterocycles. The number of oxime groups is 1. The summed E-state index contributed by atoms with van der Waals surface area (Å²) in [7, 11) is 0. The molecule has 0 aromatic heterocycles. The molecule has 178 valence electrons. The number of carbonyl (C=O) groups is 1. The minimum absolute atomic E-state index is 0.0709. The number of anilines is 1. The smallest absolute Gasteiger partial charge is 0.378 e. The third-order valence-electron chi connectivity index (χ3n) is 5.54. The van der Waals surface area contributed by atoms with Gasteiger partial charge in [-0.3, -0.25) is 15.6 Å². The van der Waals surface area contributed by atoms with Crippen LogP contribution in [0.25, 0.3) is 0 Å². The van der Waals surface area contributed by atoms with E-state index in [9.17, 15) is 18.0 Å². The number of hydrogen-bond donors (Lipinski definition) is 2. The zero-order valence-electron chi connectivity index (χ0n) is 17.3. The van der Waals surface area contributed by atoms with Crippen LogP contribution in [0.15, 0.2) is 75.9 Å². The molecule has 2 aromatic carbocycles. The molecule has 1 aliphatic carbocycles. The first kappa shape index (κ1) is 24.4. The Bertz CT molecular complexity index is 1200. The maximum Gasteiger partial charge on any atom is 0.431 e. The fourth-order valence-electron chi connectivity index (χ4n) is 3.77. The number of nitrogens with zero attached hydrogens (tertiary/aromatic N) is 1. The van der Waals surface area contributed by atoms with E-state index in [2.05, 4.69) is 16.0 Å². The summed E-state index contributed by atoms with van der Waals surface area (Å²) in [5.74, 6) is -1.57. The zero-order valence-corrected chi connectivity index (χ0v) is 19.6. The van der Waals surface area contributed by atoms with E-state index < -0.39 is 30.0 Å². The van der Waals surface area contributed by atoms with Crippen molar-refractivity contribution in [1.82, 2.24) is 5.43 Å². The normalized spacial score (nSPS) is 22.3. The van der Waals surface area contributed by atoms with Crippen molar-refractivity contribution >= 4 is 52.1 Å². The summed E-state index contributed by atoms with van der Waals surface area (Å²) in [5.41, 5.74) is 3.70. The van der Waals surface area contributed by atoms with E-state index in [0.717, 1.165) is 0 Å². The van der Waals surface area contributed by atoms with E-state index in [4.69, 9.17) is 39.6 Å². The van der Waals surface area contributed by atoms with Crippen molar-refractivity contribution in [2.24, 2.45) is 11.1 Å². The third-order valence-corrected chi connectivity index (χ3v) is 6.37. The molecule has 11 heteroatoms. The Morgan fingerprint density at radius 1 is 1.12 bits per heavy atom. The van der Waals surface area contributed by atoms with Crippen LogP contribution in [-0.4, -0.2) is 23.4 Å². The number of alkyl halides is 3. The summed E-state index contributed by atoms with van der Waals surface area (Å²) >= 11 is 18.2. The van der Waals surface area contributed by atoms with Gasteiger partial charge < -0.3 is 4.84 Å². The van der Waals surface area contributed by atoms with Crippen molar-refractivity contribution in [3.8, 4) is 0 Å². The second kappa shape index (κ2) is 9.52. The molecule has 2 aromatic rings. The maximum atomic E-state index is 14.2. The molecule has 0 fully saturated rings. The lowest BCUT2D eigenvalue weighted by Gasteiger charge is -2.36. The Morgan fingerprint density at radius 3 is 2.53 bits per heavy atom. The van der Waals surface area contributed by atoms with Crippen molar-refractivity contribution in [2.75, 3.05) is 5.43 Å². The molecule has 1 heterocycles. The fraction of sp³-hybridized carbons (Fsp3) is 0.217. The number of hydrogen-bond acceptors (Lipinski definition) is 4. The van der Waals surface area contributed by atoms with Crippen molar-refractivity contribution < 1.29 is 22.8 Å². The fourth-order valence-corrected chi connectivity index (χ4v) is 4.56. The number of allylic oxidation sites excluding steroid dienone is 3. The van der Waals surface area contributed by atoms with Crippen LogP contribution in [0.2, 0.25) is 5.02 Å². The molecule has 2 atom stereocenters. The lowest BCUT2D eigenvalue weighted by atomic mass is 9.78. The second-order valence-electron chi connectivity index (χ2n) is 7.79. The Morgan fingerprint density at radius 2 is 1.85 bits per heavy atom. The highest BCUT2D eigenvalue weighted by atomic mass is 35.5. The molecule has 2 unspecified atom stereocenters. The minimum atomic E-state index is -4.75. The Balaban J connectivity index is 1.55. The van der Waals surface area contributed by atoms with Crippen molar-refractivity contribution in [3.05, 3.63) is 86.9 Å². The molecule has 1 aliphatic heterocycles. The van der Waals surface area contributed by atoms with E-state index in [-0.39, 0.29) is 32.9 Å². The Hall–Kier alpha value is -2.68. The number of benzene rings is 2. The first-order chi connectivity index (χ1) is 16.1. The van der Waals surface area contributed by atoms with Gasteiger partial charge in [-0.1, -0.05) is 70.3 Å². The molecule has 0 spiro atoms. The zero-order chi connectivity index (χ0) is 24.5. The van der Waals surface area contributed by atoms with Crippen LogP contribution < -0.4 is 10.9 Å². The monoisotopic (exact) mass is 529 g/mol. The predicted molar refractivity (Wildman–Crippen MR) is 126 cm³/mol. The van der Waals surface area contributed by atoms with Crippen LogP contribution in [0.1, 0.15) is 28.8 Å². The van der Waals surface area contributed by atoms with E-state index in [1.165, 1.54) is 30.4 Å². The molecule has 0 bridgehead atoms. The molecule has 4 rings (SSSR count). The summed E-state index contributed by atoms with van der Waals surface area (Å²) in [6.45, 7) is 0. The van der Waals surface area contributed by atoms with Gasteiger partial charge in [-0.25, -0.2) is 0 Å². The Kier molecular flexibility index (Phi) is 6.85. The predicted octanol–water partition coefficient (Wildman–Crippen LogP) is 6.79. The van der Waals surface area contributed by atoms with Gasteiger partial charge in [0.25, 0.3) is 5.91 Å². The average Bonchev–Trinajstić information content (AvgIpc) is 3.25. The molecular formula is C23H17Cl3F3N3O2. The summed E-state index contributed by atoms with van der Waals surface area (Å²) < 4.78 is 42.7. The van der Waals surface area contributed by atoms with Gasteiger partial charge in [-0.15, -0.1) is 0 Å². The summed E-state index contributed by atoms with van der Waals surface area (Å²) in [4.78, 5) is 17.4. The second-order valence-corrected chi connectivity index (χ2v) is 9.12. The molecule has 0 saturated carbocycles. The molecule has 2 N–H and O–H groups in total. The highest BCUT2D eigenvalue weighted by Crippen LogP contribution is 2.50. The number of rotatable bonds is 5. The minimum Gasteiger partial charge on any atom is -0.378 e. The van der Waals surface area contributed by atoms with Gasteiger partial charge in [0.15, 0.2) is 0 Å². The highest BCUT2D eigenvalue weighted by molar-refractivity contribution is 6.35. The van der Waals surface area contributed by atoms with Gasteiger partial charge in [0.2, 0.25) is 5.60 Å². The van der Waals surface area contributed by atoms with Crippen LogP contribution in [0.5, 0.6) is 0 Å². The lowest BCUT2D eigenvalue weighted by molar-refractivity contribution is -0.282. The average molecular weight is 531 g/mol. The quantitative estimate of drug-likeness (QED) is 0.419.